The van der Waals surface area contributed by atoms with Crippen LogP contribution in [0.25, 0.3) is 0 Å². The molecule has 0 aliphatic carbocycles. The Labute approximate surface area is 96.2 Å². The van der Waals surface area contributed by atoms with Crippen LogP contribution in [0.1, 0.15) is 6.92 Å². The third-order valence-corrected chi connectivity index (χ3v) is 2.87. The first-order chi connectivity index (χ1) is 7.62. The lowest BCUT2D eigenvalue weighted by Crippen LogP contribution is -2.31. The van der Waals surface area contributed by atoms with Crippen molar-refractivity contribution in [2.24, 2.45) is 5.14 Å². The lowest BCUT2D eigenvalue weighted by Gasteiger charge is -2.18. The van der Waals surface area contributed by atoms with Gasteiger partial charge in [-0.3, -0.25) is 0 Å². The summed E-state index contributed by atoms with van der Waals surface area (Å²) in [7, 11) is -4.12. The van der Waals surface area contributed by atoms with E-state index < -0.39 is 32.9 Å². The highest BCUT2D eigenvalue weighted by atomic mass is 32.2. The number of rotatable bonds is 3. The van der Waals surface area contributed by atoms with Crippen LogP contribution in [0.15, 0.2) is 29.2 Å². The van der Waals surface area contributed by atoms with Crippen molar-refractivity contribution in [3.8, 4) is 5.75 Å². The van der Waals surface area contributed by atoms with Gasteiger partial charge in [0.2, 0.25) is 10.0 Å². The number of ether oxygens (including phenoxy) is 1. The van der Waals surface area contributed by atoms with Crippen molar-refractivity contribution in [3.05, 3.63) is 24.3 Å². The van der Waals surface area contributed by atoms with Crippen molar-refractivity contribution in [2.75, 3.05) is 0 Å². The maximum atomic E-state index is 12.3. The predicted molar refractivity (Wildman–Crippen MR) is 54.0 cm³/mol. The zero-order valence-electron chi connectivity index (χ0n) is 8.73. The van der Waals surface area contributed by atoms with E-state index in [0.717, 1.165) is 19.1 Å². The molecule has 0 saturated heterocycles. The largest absolute Gasteiger partial charge is 0.480 e. The van der Waals surface area contributed by atoms with Gasteiger partial charge in [0, 0.05) is 0 Å². The molecule has 0 bridgehead atoms. The van der Waals surface area contributed by atoms with Crippen LogP contribution in [-0.4, -0.2) is 20.7 Å². The zero-order chi connectivity index (χ0) is 13.3. The summed E-state index contributed by atoms with van der Waals surface area (Å²) >= 11 is 0. The predicted octanol–water partition coefficient (Wildman–Crippen LogP) is 1.66. The minimum Gasteiger partial charge on any atom is -0.480 e. The van der Waals surface area contributed by atoms with E-state index in [-0.39, 0.29) is 0 Å². The van der Waals surface area contributed by atoms with Crippen LogP contribution in [-0.2, 0) is 10.0 Å². The van der Waals surface area contributed by atoms with Crippen molar-refractivity contribution in [1.82, 2.24) is 0 Å². The summed E-state index contributed by atoms with van der Waals surface area (Å²) in [4.78, 5) is -0.476. The summed E-state index contributed by atoms with van der Waals surface area (Å²) in [5.74, 6) is -0.417. The van der Waals surface area contributed by atoms with Crippen molar-refractivity contribution in [1.29, 1.82) is 0 Å². The summed E-state index contributed by atoms with van der Waals surface area (Å²) in [6, 6.07) is 4.88. The Kier molecular flexibility index (Phi) is 3.68. The molecule has 0 saturated carbocycles. The molecule has 1 atom stereocenters. The van der Waals surface area contributed by atoms with Gasteiger partial charge < -0.3 is 4.74 Å². The standard InChI is InChI=1S/C9H10F3NO3S/c1-6(9(10,11)12)16-7-4-2-3-5-8(7)17(13,14)15/h2-6H,1H3,(H2,13,14,15). The van der Waals surface area contributed by atoms with E-state index in [1.165, 1.54) is 12.1 Å². The van der Waals surface area contributed by atoms with E-state index in [9.17, 15) is 21.6 Å². The minimum atomic E-state index is -4.58. The molecule has 0 aliphatic rings. The average molecular weight is 269 g/mol. The fourth-order valence-corrected chi connectivity index (χ4v) is 1.70. The second kappa shape index (κ2) is 4.53. The molecule has 17 heavy (non-hydrogen) atoms. The highest BCUT2D eigenvalue weighted by Gasteiger charge is 2.38. The number of hydrogen-bond donors (Lipinski definition) is 1. The maximum absolute atomic E-state index is 12.3. The molecule has 2 N–H and O–H groups in total. The molecule has 0 fully saturated rings. The third-order valence-electron chi connectivity index (χ3n) is 1.92. The van der Waals surface area contributed by atoms with Gasteiger partial charge >= 0.3 is 6.18 Å². The van der Waals surface area contributed by atoms with Crippen LogP contribution in [0.3, 0.4) is 0 Å². The van der Waals surface area contributed by atoms with Crippen LogP contribution in [0.2, 0.25) is 0 Å². The van der Waals surface area contributed by atoms with Crippen molar-refractivity contribution < 1.29 is 26.3 Å². The SMILES string of the molecule is CC(Oc1ccccc1S(N)(=O)=O)C(F)(F)F. The first-order valence-corrected chi connectivity index (χ1v) is 6.02. The molecule has 0 aliphatic heterocycles. The van der Waals surface area contributed by atoms with Crippen molar-refractivity contribution in [2.45, 2.75) is 24.1 Å². The van der Waals surface area contributed by atoms with Crippen LogP contribution in [0, 0.1) is 0 Å². The Bertz CT molecular complexity index is 498. The van der Waals surface area contributed by atoms with Crippen molar-refractivity contribution >= 4 is 10.0 Å². The Morgan fingerprint density at radius 2 is 1.82 bits per heavy atom. The monoisotopic (exact) mass is 269 g/mol. The minimum absolute atomic E-state index is 0.417. The summed E-state index contributed by atoms with van der Waals surface area (Å²) in [5.41, 5.74) is 0. The van der Waals surface area contributed by atoms with E-state index in [1.54, 1.807) is 0 Å². The molecule has 0 amide bonds. The molecular formula is C9H10F3NO3S. The number of primary sulfonamides is 1. The van der Waals surface area contributed by atoms with E-state index in [2.05, 4.69) is 4.74 Å². The lowest BCUT2D eigenvalue weighted by molar-refractivity contribution is -0.189. The number of nitrogens with two attached hydrogens (primary N) is 1. The van der Waals surface area contributed by atoms with Gasteiger partial charge in [0.25, 0.3) is 0 Å². The fourth-order valence-electron chi connectivity index (χ4n) is 1.04. The van der Waals surface area contributed by atoms with Gasteiger partial charge in [-0.2, -0.15) is 13.2 Å². The Morgan fingerprint density at radius 1 is 1.29 bits per heavy atom. The molecule has 8 heteroatoms. The van der Waals surface area contributed by atoms with Gasteiger partial charge in [-0.15, -0.1) is 0 Å². The average Bonchev–Trinajstić information content (AvgIpc) is 2.15. The highest BCUT2D eigenvalue weighted by molar-refractivity contribution is 7.89. The number of benzene rings is 1. The zero-order valence-corrected chi connectivity index (χ0v) is 9.55. The number of alkyl halides is 3. The van der Waals surface area contributed by atoms with Crippen LogP contribution >= 0.6 is 0 Å². The Balaban J connectivity index is 3.09. The van der Waals surface area contributed by atoms with E-state index >= 15 is 0 Å². The molecule has 1 rings (SSSR count). The van der Waals surface area contributed by atoms with Gasteiger partial charge in [-0.05, 0) is 19.1 Å². The normalized spacial score (nSPS) is 14.4. The highest BCUT2D eigenvalue weighted by Crippen LogP contribution is 2.28. The third kappa shape index (κ3) is 3.60. The van der Waals surface area contributed by atoms with Gasteiger partial charge in [0.1, 0.15) is 10.6 Å². The van der Waals surface area contributed by atoms with Gasteiger partial charge in [-0.1, -0.05) is 12.1 Å². The molecule has 0 heterocycles. The quantitative estimate of drug-likeness (QED) is 0.907. The number of hydrogen-bond acceptors (Lipinski definition) is 3. The molecule has 1 aromatic rings. The van der Waals surface area contributed by atoms with E-state index in [0.29, 0.717) is 0 Å². The summed E-state index contributed by atoms with van der Waals surface area (Å²) < 4.78 is 63.5. The molecule has 0 aromatic heterocycles. The molecule has 4 nitrogen and oxygen atoms in total. The van der Waals surface area contributed by atoms with E-state index in [1.807, 2.05) is 0 Å². The molecular weight excluding hydrogens is 259 g/mol. The first-order valence-electron chi connectivity index (χ1n) is 4.47. The van der Waals surface area contributed by atoms with Gasteiger partial charge in [0.05, 0.1) is 0 Å². The number of sulfonamides is 1. The van der Waals surface area contributed by atoms with Crippen LogP contribution in [0.5, 0.6) is 5.75 Å². The molecule has 1 unspecified atom stereocenters. The number of halogens is 3. The lowest BCUT2D eigenvalue weighted by atomic mass is 10.3. The smallest absolute Gasteiger partial charge is 0.425 e. The topological polar surface area (TPSA) is 69.4 Å². The Morgan fingerprint density at radius 3 is 2.29 bits per heavy atom. The second-order valence-electron chi connectivity index (χ2n) is 3.29. The number of para-hydroxylation sites is 1. The molecule has 96 valence electrons. The van der Waals surface area contributed by atoms with E-state index in [4.69, 9.17) is 5.14 Å². The summed E-state index contributed by atoms with van der Waals surface area (Å²) in [6.45, 7) is 0.778. The van der Waals surface area contributed by atoms with Crippen molar-refractivity contribution in [3.63, 3.8) is 0 Å². The van der Waals surface area contributed by atoms with Crippen LogP contribution in [0.4, 0.5) is 13.2 Å². The Hall–Kier alpha value is -1.28. The van der Waals surface area contributed by atoms with Gasteiger partial charge in [-0.25, -0.2) is 13.6 Å². The second-order valence-corrected chi connectivity index (χ2v) is 4.82. The van der Waals surface area contributed by atoms with Gasteiger partial charge in [0.15, 0.2) is 6.10 Å². The maximum Gasteiger partial charge on any atom is 0.425 e. The first kappa shape index (κ1) is 13.8. The molecule has 1 aromatic carbocycles. The molecule has 0 radical (unpaired) electrons. The van der Waals surface area contributed by atoms with Crippen LogP contribution < -0.4 is 9.88 Å². The fraction of sp³-hybridized carbons (Fsp3) is 0.333. The summed E-state index contributed by atoms with van der Waals surface area (Å²) in [6.07, 6.45) is -6.70. The summed E-state index contributed by atoms with van der Waals surface area (Å²) in [5, 5.41) is 4.85. The molecule has 0 spiro atoms.